The molecule has 0 saturated heterocycles. The molecule has 0 aromatic heterocycles. The molecule has 1 aliphatic heterocycles. The minimum absolute atomic E-state index is 0.295. The van der Waals surface area contributed by atoms with E-state index in [2.05, 4.69) is 0 Å². The first-order valence-electron chi connectivity index (χ1n) is 5.48. The molecule has 0 fully saturated rings. The molecule has 0 bridgehead atoms. The molecule has 4 heteroatoms. The number of fused-ring (bicyclic) bond motifs is 1. The van der Waals surface area contributed by atoms with E-state index in [1.54, 1.807) is 0 Å². The smallest absolute Gasteiger partial charge is 0.231 e. The van der Waals surface area contributed by atoms with Crippen LogP contribution in [0.2, 0.25) is 0 Å². The Morgan fingerprint density at radius 1 is 1.31 bits per heavy atom. The molecule has 1 aliphatic rings. The molecule has 0 spiro atoms. The zero-order valence-electron chi connectivity index (χ0n) is 9.53. The number of hydrogen-bond donors (Lipinski definition) is 2. The van der Waals surface area contributed by atoms with Crippen molar-refractivity contribution in [1.29, 1.82) is 0 Å². The Balaban J connectivity index is 2.00. The molecule has 0 saturated carbocycles. The summed E-state index contributed by atoms with van der Waals surface area (Å²) in [5.41, 5.74) is 12.5. The van der Waals surface area contributed by atoms with Gasteiger partial charge in [0.2, 0.25) is 6.79 Å². The fraction of sp³-hybridized carbons (Fsp3) is 0.500. The number of benzene rings is 1. The van der Waals surface area contributed by atoms with Crippen LogP contribution in [0.1, 0.15) is 18.9 Å². The predicted octanol–water partition coefficient (Wildman–Crippen LogP) is 1.02. The molecule has 4 N–H and O–H groups in total. The summed E-state index contributed by atoms with van der Waals surface area (Å²) >= 11 is 0. The van der Waals surface area contributed by atoms with Crippen LogP contribution >= 0.6 is 0 Å². The quantitative estimate of drug-likeness (QED) is 0.798. The van der Waals surface area contributed by atoms with Gasteiger partial charge >= 0.3 is 0 Å². The van der Waals surface area contributed by atoms with Crippen LogP contribution in [0.5, 0.6) is 11.5 Å². The lowest BCUT2D eigenvalue weighted by Crippen LogP contribution is -2.44. The van der Waals surface area contributed by atoms with E-state index < -0.39 is 0 Å². The van der Waals surface area contributed by atoms with Gasteiger partial charge in [0.15, 0.2) is 11.5 Å². The van der Waals surface area contributed by atoms with Crippen molar-refractivity contribution in [1.82, 2.24) is 0 Å². The van der Waals surface area contributed by atoms with Crippen molar-refractivity contribution in [2.75, 3.05) is 13.3 Å². The maximum Gasteiger partial charge on any atom is 0.231 e. The molecular weight excluding hydrogens is 204 g/mol. The topological polar surface area (TPSA) is 70.5 Å². The molecule has 4 nitrogen and oxygen atoms in total. The SMILES string of the molecule is CC(N)(CN)CCc1ccc2c(c1)OCO2. The molecule has 88 valence electrons. The van der Waals surface area contributed by atoms with Gasteiger partial charge in [-0.2, -0.15) is 0 Å². The second-order valence-electron chi connectivity index (χ2n) is 4.55. The summed E-state index contributed by atoms with van der Waals surface area (Å²) in [6.07, 6.45) is 1.77. The molecule has 1 unspecified atom stereocenters. The molecular formula is C12H18N2O2. The summed E-state index contributed by atoms with van der Waals surface area (Å²) < 4.78 is 10.6. The van der Waals surface area contributed by atoms with Crippen molar-refractivity contribution in [2.45, 2.75) is 25.3 Å². The largest absolute Gasteiger partial charge is 0.454 e. The summed E-state index contributed by atoms with van der Waals surface area (Å²) in [7, 11) is 0. The maximum absolute atomic E-state index is 6.00. The molecule has 0 radical (unpaired) electrons. The predicted molar refractivity (Wildman–Crippen MR) is 62.5 cm³/mol. The Hall–Kier alpha value is -1.26. The first-order chi connectivity index (χ1) is 7.61. The third kappa shape index (κ3) is 2.46. The van der Waals surface area contributed by atoms with Gasteiger partial charge in [0.05, 0.1) is 0 Å². The van der Waals surface area contributed by atoms with Crippen molar-refractivity contribution >= 4 is 0 Å². The molecule has 16 heavy (non-hydrogen) atoms. The Labute approximate surface area is 95.5 Å². The van der Waals surface area contributed by atoms with Crippen LogP contribution in [-0.4, -0.2) is 18.9 Å². The zero-order valence-corrected chi connectivity index (χ0v) is 9.53. The van der Waals surface area contributed by atoms with Gasteiger partial charge in [-0.25, -0.2) is 0 Å². The van der Waals surface area contributed by atoms with Gasteiger partial charge < -0.3 is 20.9 Å². The Bertz CT molecular complexity index is 377. The second-order valence-corrected chi connectivity index (χ2v) is 4.55. The highest BCUT2D eigenvalue weighted by molar-refractivity contribution is 5.44. The number of hydrogen-bond acceptors (Lipinski definition) is 4. The average molecular weight is 222 g/mol. The van der Waals surface area contributed by atoms with Crippen molar-refractivity contribution in [3.63, 3.8) is 0 Å². The van der Waals surface area contributed by atoms with Gasteiger partial charge in [-0.15, -0.1) is 0 Å². The van der Waals surface area contributed by atoms with Gasteiger partial charge in [0.25, 0.3) is 0 Å². The van der Waals surface area contributed by atoms with Crippen LogP contribution < -0.4 is 20.9 Å². The van der Waals surface area contributed by atoms with E-state index in [1.165, 1.54) is 5.56 Å². The van der Waals surface area contributed by atoms with Crippen LogP contribution in [0.4, 0.5) is 0 Å². The van der Waals surface area contributed by atoms with Crippen LogP contribution in [0.25, 0.3) is 0 Å². The standard InChI is InChI=1S/C12H18N2O2/c1-12(14,7-13)5-4-9-2-3-10-11(6-9)16-8-15-10/h2-3,6H,4-5,7-8,13-14H2,1H3. The number of ether oxygens (including phenoxy) is 2. The third-order valence-electron chi connectivity index (χ3n) is 2.89. The van der Waals surface area contributed by atoms with E-state index in [1.807, 2.05) is 25.1 Å². The highest BCUT2D eigenvalue weighted by atomic mass is 16.7. The van der Waals surface area contributed by atoms with E-state index in [0.717, 1.165) is 24.3 Å². The van der Waals surface area contributed by atoms with Crippen LogP contribution in [0.3, 0.4) is 0 Å². The Kier molecular flexibility index (Phi) is 3.03. The number of rotatable bonds is 4. The number of aryl methyl sites for hydroxylation is 1. The number of nitrogens with two attached hydrogens (primary N) is 2. The van der Waals surface area contributed by atoms with Crippen LogP contribution in [0, 0.1) is 0 Å². The van der Waals surface area contributed by atoms with Gasteiger partial charge in [-0.3, -0.25) is 0 Å². The summed E-state index contributed by atoms with van der Waals surface area (Å²) in [5, 5.41) is 0. The molecule has 2 rings (SSSR count). The highest BCUT2D eigenvalue weighted by Crippen LogP contribution is 2.32. The first kappa shape index (κ1) is 11.2. The van der Waals surface area contributed by atoms with Gasteiger partial charge in [-0.1, -0.05) is 6.07 Å². The maximum atomic E-state index is 6.00. The lowest BCUT2D eigenvalue weighted by atomic mass is 9.94. The minimum atomic E-state index is -0.295. The summed E-state index contributed by atoms with van der Waals surface area (Å²) in [5.74, 6) is 1.64. The highest BCUT2D eigenvalue weighted by Gasteiger charge is 2.17. The molecule has 1 aromatic rings. The van der Waals surface area contributed by atoms with E-state index in [-0.39, 0.29) is 5.54 Å². The second kappa shape index (κ2) is 4.31. The minimum Gasteiger partial charge on any atom is -0.454 e. The average Bonchev–Trinajstić information content (AvgIpc) is 2.73. The Morgan fingerprint density at radius 3 is 2.81 bits per heavy atom. The summed E-state index contributed by atoms with van der Waals surface area (Å²) in [4.78, 5) is 0. The first-order valence-corrected chi connectivity index (χ1v) is 5.48. The Morgan fingerprint density at radius 2 is 2.06 bits per heavy atom. The van der Waals surface area contributed by atoms with Gasteiger partial charge in [-0.05, 0) is 37.5 Å². The van der Waals surface area contributed by atoms with Gasteiger partial charge in [0.1, 0.15) is 0 Å². The van der Waals surface area contributed by atoms with E-state index in [0.29, 0.717) is 13.3 Å². The molecule has 1 atom stereocenters. The molecule has 1 heterocycles. The van der Waals surface area contributed by atoms with Crippen molar-refractivity contribution < 1.29 is 9.47 Å². The van der Waals surface area contributed by atoms with Crippen molar-refractivity contribution in [2.24, 2.45) is 11.5 Å². The monoisotopic (exact) mass is 222 g/mol. The zero-order chi connectivity index (χ0) is 11.6. The van der Waals surface area contributed by atoms with Gasteiger partial charge in [0, 0.05) is 12.1 Å². The van der Waals surface area contributed by atoms with E-state index >= 15 is 0 Å². The third-order valence-corrected chi connectivity index (χ3v) is 2.89. The van der Waals surface area contributed by atoms with E-state index in [4.69, 9.17) is 20.9 Å². The summed E-state index contributed by atoms with van der Waals surface area (Å²) in [6.45, 7) is 2.79. The van der Waals surface area contributed by atoms with E-state index in [9.17, 15) is 0 Å². The summed E-state index contributed by atoms with van der Waals surface area (Å²) in [6, 6.07) is 5.99. The lowest BCUT2D eigenvalue weighted by molar-refractivity contribution is 0.174. The molecule has 1 aromatic carbocycles. The fourth-order valence-electron chi connectivity index (χ4n) is 1.63. The molecule has 0 amide bonds. The lowest BCUT2D eigenvalue weighted by Gasteiger charge is -2.22. The van der Waals surface area contributed by atoms with Crippen LogP contribution in [0.15, 0.2) is 18.2 Å². The molecule has 0 aliphatic carbocycles. The van der Waals surface area contributed by atoms with Crippen molar-refractivity contribution in [3.05, 3.63) is 23.8 Å². The fourth-order valence-corrected chi connectivity index (χ4v) is 1.63. The normalized spacial score (nSPS) is 17.2. The van der Waals surface area contributed by atoms with Crippen LogP contribution in [-0.2, 0) is 6.42 Å². The van der Waals surface area contributed by atoms with Crippen molar-refractivity contribution in [3.8, 4) is 11.5 Å².